The zero-order chi connectivity index (χ0) is 13.9. The molecule has 3 aromatic rings. The number of rotatable bonds is 3. The molecule has 3 nitrogen and oxygen atoms in total. The van der Waals surface area contributed by atoms with Crippen molar-refractivity contribution in [3.8, 4) is 11.5 Å². The maximum atomic E-state index is 11.9. The molecule has 0 bridgehead atoms. The summed E-state index contributed by atoms with van der Waals surface area (Å²) in [6, 6.07) is 14.9. The number of carbonyl (C=O) groups excluding carboxylic acids is 1. The Morgan fingerprint density at radius 3 is 2.45 bits per heavy atom. The zero-order valence-corrected chi connectivity index (χ0v) is 11.6. The monoisotopic (exact) mass is 284 g/mol. The summed E-state index contributed by atoms with van der Waals surface area (Å²) in [5.74, 6) is 0.977. The van der Waals surface area contributed by atoms with Crippen LogP contribution in [-0.4, -0.2) is 13.1 Å². The lowest BCUT2D eigenvalue weighted by Gasteiger charge is -2.06. The molecule has 100 valence electrons. The molecule has 0 saturated heterocycles. The number of ether oxygens (including phenoxy) is 2. The number of hydrogen-bond donors (Lipinski definition) is 0. The zero-order valence-electron chi connectivity index (χ0n) is 10.8. The maximum absolute atomic E-state index is 11.9. The van der Waals surface area contributed by atoms with Crippen LogP contribution >= 0.6 is 11.3 Å². The number of hydrogen-bond acceptors (Lipinski definition) is 4. The Balaban J connectivity index is 1.90. The van der Waals surface area contributed by atoms with Gasteiger partial charge in [-0.05, 0) is 46.5 Å². The van der Waals surface area contributed by atoms with E-state index < -0.39 is 0 Å². The van der Waals surface area contributed by atoms with Crippen LogP contribution in [-0.2, 0) is 0 Å². The fourth-order valence-electron chi connectivity index (χ4n) is 1.95. The second-order valence-electron chi connectivity index (χ2n) is 4.24. The third-order valence-electron chi connectivity index (χ3n) is 2.95. The Kier molecular flexibility index (Phi) is 3.39. The van der Waals surface area contributed by atoms with Crippen molar-refractivity contribution in [2.75, 3.05) is 7.11 Å². The minimum atomic E-state index is -0.331. The van der Waals surface area contributed by atoms with E-state index >= 15 is 0 Å². The number of methoxy groups -OCH3 is 1. The number of fused-ring (bicyclic) bond motifs is 1. The van der Waals surface area contributed by atoms with Gasteiger partial charge in [-0.2, -0.15) is 0 Å². The summed E-state index contributed by atoms with van der Waals surface area (Å²) >= 11 is 1.37. The van der Waals surface area contributed by atoms with Gasteiger partial charge < -0.3 is 9.47 Å². The molecule has 0 spiro atoms. The van der Waals surface area contributed by atoms with E-state index in [1.807, 2.05) is 41.8 Å². The van der Waals surface area contributed by atoms with E-state index in [0.29, 0.717) is 10.6 Å². The highest BCUT2D eigenvalue weighted by Crippen LogP contribution is 2.25. The Labute approximate surface area is 120 Å². The molecule has 3 rings (SSSR count). The predicted octanol–water partition coefficient (Wildman–Crippen LogP) is 4.13. The Hall–Kier alpha value is -2.33. The molecule has 0 unspecified atom stereocenters. The van der Waals surface area contributed by atoms with Gasteiger partial charge >= 0.3 is 5.97 Å². The summed E-state index contributed by atoms with van der Waals surface area (Å²) in [5.41, 5.74) is 0. The first-order valence-corrected chi connectivity index (χ1v) is 6.98. The van der Waals surface area contributed by atoms with Crippen LogP contribution in [0.5, 0.6) is 11.5 Å². The maximum Gasteiger partial charge on any atom is 0.353 e. The van der Waals surface area contributed by atoms with Gasteiger partial charge in [-0.15, -0.1) is 11.3 Å². The topological polar surface area (TPSA) is 35.5 Å². The second kappa shape index (κ2) is 5.35. The largest absolute Gasteiger partial charge is 0.497 e. The van der Waals surface area contributed by atoms with Crippen molar-refractivity contribution in [2.24, 2.45) is 0 Å². The van der Waals surface area contributed by atoms with E-state index in [0.717, 1.165) is 16.5 Å². The molecule has 4 heteroatoms. The lowest BCUT2D eigenvalue weighted by atomic mass is 10.1. The normalized spacial score (nSPS) is 10.4. The summed E-state index contributed by atoms with van der Waals surface area (Å²) in [7, 11) is 1.63. The summed E-state index contributed by atoms with van der Waals surface area (Å²) in [5, 5.41) is 3.89. The second-order valence-corrected chi connectivity index (χ2v) is 5.19. The van der Waals surface area contributed by atoms with Gasteiger partial charge in [-0.3, -0.25) is 0 Å². The first-order chi connectivity index (χ1) is 9.76. The minimum absolute atomic E-state index is 0.331. The van der Waals surface area contributed by atoms with Gasteiger partial charge in [-0.1, -0.05) is 18.2 Å². The van der Waals surface area contributed by atoms with Gasteiger partial charge in [0.1, 0.15) is 16.4 Å². The van der Waals surface area contributed by atoms with Crippen molar-refractivity contribution in [3.05, 3.63) is 58.8 Å². The molecule has 0 aliphatic heterocycles. The van der Waals surface area contributed by atoms with E-state index in [-0.39, 0.29) is 5.97 Å². The summed E-state index contributed by atoms with van der Waals surface area (Å²) < 4.78 is 10.6. The smallest absolute Gasteiger partial charge is 0.353 e. The summed E-state index contributed by atoms with van der Waals surface area (Å²) in [4.78, 5) is 12.5. The van der Waals surface area contributed by atoms with Crippen molar-refractivity contribution < 1.29 is 14.3 Å². The average Bonchev–Trinajstić information content (AvgIpc) is 3.00. The molecule has 0 saturated carbocycles. The van der Waals surface area contributed by atoms with Gasteiger partial charge in [0.2, 0.25) is 0 Å². The molecule has 0 N–H and O–H groups in total. The van der Waals surface area contributed by atoms with Crippen molar-refractivity contribution in [2.45, 2.75) is 0 Å². The number of esters is 1. The van der Waals surface area contributed by atoms with Crippen LogP contribution in [0.2, 0.25) is 0 Å². The molecule has 0 aliphatic carbocycles. The summed E-state index contributed by atoms with van der Waals surface area (Å²) in [6.07, 6.45) is 0. The lowest BCUT2D eigenvalue weighted by molar-refractivity contribution is 0.0740. The molecule has 0 atom stereocenters. The van der Waals surface area contributed by atoms with E-state index in [1.165, 1.54) is 11.3 Å². The lowest BCUT2D eigenvalue weighted by Crippen LogP contribution is -2.06. The molecule has 0 radical (unpaired) electrons. The SMILES string of the molecule is COc1ccc2ccc(OC(=O)c3cccs3)cc2c1. The molecule has 1 heterocycles. The van der Waals surface area contributed by atoms with Crippen LogP contribution < -0.4 is 9.47 Å². The van der Waals surface area contributed by atoms with Gasteiger partial charge in [0.05, 0.1) is 7.11 Å². The van der Waals surface area contributed by atoms with Gasteiger partial charge in [-0.25, -0.2) is 4.79 Å². The summed E-state index contributed by atoms with van der Waals surface area (Å²) in [6.45, 7) is 0. The third kappa shape index (κ3) is 2.51. The van der Waals surface area contributed by atoms with Crippen molar-refractivity contribution >= 4 is 28.1 Å². The average molecular weight is 284 g/mol. The third-order valence-corrected chi connectivity index (χ3v) is 3.80. The van der Waals surface area contributed by atoms with E-state index in [2.05, 4.69) is 0 Å². The first kappa shape index (κ1) is 12.7. The van der Waals surface area contributed by atoms with Gasteiger partial charge in [0.25, 0.3) is 0 Å². The van der Waals surface area contributed by atoms with Crippen LogP contribution in [0.4, 0.5) is 0 Å². The van der Waals surface area contributed by atoms with Crippen LogP contribution in [0.1, 0.15) is 9.67 Å². The highest BCUT2D eigenvalue weighted by molar-refractivity contribution is 7.12. The van der Waals surface area contributed by atoms with Crippen LogP contribution in [0.25, 0.3) is 10.8 Å². The van der Waals surface area contributed by atoms with Crippen LogP contribution in [0.15, 0.2) is 53.9 Å². The molecule has 0 aliphatic rings. The highest BCUT2D eigenvalue weighted by Gasteiger charge is 2.09. The molecule has 0 fully saturated rings. The molecule has 20 heavy (non-hydrogen) atoms. The van der Waals surface area contributed by atoms with Crippen molar-refractivity contribution in [3.63, 3.8) is 0 Å². The molecule has 0 amide bonds. The van der Waals surface area contributed by atoms with E-state index in [1.54, 1.807) is 19.2 Å². The number of benzene rings is 2. The van der Waals surface area contributed by atoms with Crippen LogP contribution in [0.3, 0.4) is 0 Å². The van der Waals surface area contributed by atoms with E-state index in [4.69, 9.17) is 9.47 Å². The fraction of sp³-hybridized carbons (Fsp3) is 0.0625. The highest BCUT2D eigenvalue weighted by atomic mass is 32.1. The number of carbonyl (C=O) groups is 1. The van der Waals surface area contributed by atoms with Gasteiger partial charge in [0, 0.05) is 0 Å². The van der Waals surface area contributed by atoms with Crippen molar-refractivity contribution in [1.82, 2.24) is 0 Å². The quantitative estimate of drug-likeness (QED) is 0.536. The molecule has 1 aromatic heterocycles. The van der Waals surface area contributed by atoms with Crippen molar-refractivity contribution in [1.29, 1.82) is 0 Å². The first-order valence-electron chi connectivity index (χ1n) is 6.10. The standard InChI is InChI=1S/C16H12O3S/c1-18-13-6-4-11-5-7-14(10-12(11)9-13)19-16(17)15-3-2-8-20-15/h2-10H,1H3. The molecular weight excluding hydrogens is 272 g/mol. The van der Waals surface area contributed by atoms with Gasteiger partial charge in [0.15, 0.2) is 0 Å². The Morgan fingerprint density at radius 1 is 1.00 bits per heavy atom. The van der Waals surface area contributed by atoms with Crippen LogP contribution in [0, 0.1) is 0 Å². The predicted molar refractivity (Wildman–Crippen MR) is 79.8 cm³/mol. The fourth-order valence-corrected chi connectivity index (χ4v) is 2.54. The Bertz CT molecular complexity index is 748. The number of thiophene rings is 1. The molecule has 2 aromatic carbocycles. The minimum Gasteiger partial charge on any atom is -0.497 e. The van der Waals surface area contributed by atoms with E-state index in [9.17, 15) is 4.79 Å². The molecular formula is C16H12O3S. The Morgan fingerprint density at radius 2 is 1.75 bits per heavy atom.